The molecule has 0 radical (unpaired) electrons. The summed E-state index contributed by atoms with van der Waals surface area (Å²) in [4.78, 5) is 83.3. The highest BCUT2D eigenvalue weighted by Gasteiger charge is 2.34. The Balaban J connectivity index is 2.15. The molecule has 0 amide bonds. The van der Waals surface area contributed by atoms with E-state index < -0.39 is 57.1 Å². The molecule has 4 aromatic carbocycles. The van der Waals surface area contributed by atoms with Crippen molar-refractivity contribution in [2.24, 2.45) is 0 Å². The van der Waals surface area contributed by atoms with Crippen molar-refractivity contribution in [1.82, 2.24) is 0 Å². The number of ether oxygens (including phenoxy) is 4. The van der Waals surface area contributed by atoms with Gasteiger partial charge < -0.3 is 18.9 Å². The van der Waals surface area contributed by atoms with Crippen LogP contribution in [0.5, 0.6) is 23.0 Å². The molecule has 4 aromatic rings. The molecular weight excluding hydrogens is 785 g/mol. The van der Waals surface area contributed by atoms with Crippen molar-refractivity contribution >= 4 is 35.4 Å². The van der Waals surface area contributed by atoms with Gasteiger partial charge in [-0.2, -0.15) is 0 Å². The highest BCUT2D eigenvalue weighted by Crippen LogP contribution is 2.44. The van der Waals surface area contributed by atoms with E-state index in [2.05, 4.69) is 0 Å². The predicted molar refractivity (Wildman–Crippen MR) is 238 cm³/mol. The molecular formula is C52H60O10. The van der Waals surface area contributed by atoms with Crippen LogP contribution in [-0.2, 0) is 53.7 Å². The van der Waals surface area contributed by atoms with Crippen molar-refractivity contribution in [2.45, 2.75) is 145 Å². The molecule has 0 fully saturated rings. The monoisotopic (exact) mass is 844 g/mol. The molecule has 0 saturated heterocycles. The summed E-state index contributed by atoms with van der Waals surface area (Å²) < 4.78 is 24.0. The second-order valence-corrected chi connectivity index (χ2v) is 20.4. The van der Waals surface area contributed by atoms with Gasteiger partial charge in [0, 0.05) is 62.8 Å². The van der Waals surface area contributed by atoms with Crippen LogP contribution in [0, 0.1) is 0 Å². The second-order valence-electron chi connectivity index (χ2n) is 20.4. The van der Waals surface area contributed by atoms with Crippen LogP contribution in [0.3, 0.4) is 0 Å². The lowest BCUT2D eigenvalue weighted by Gasteiger charge is -2.28. The summed E-state index contributed by atoms with van der Waals surface area (Å²) in [6.45, 7) is 28.8. The zero-order valence-electron chi connectivity index (χ0n) is 39.1. The van der Waals surface area contributed by atoms with E-state index in [9.17, 15) is 19.2 Å². The topological polar surface area (TPSA) is 139 Å². The Morgan fingerprint density at radius 1 is 0.355 bits per heavy atom. The van der Waals surface area contributed by atoms with E-state index in [4.69, 9.17) is 18.9 Å². The molecule has 1 aliphatic rings. The minimum atomic E-state index is -0.687. The molecule has 328 valence electrons. The lowest BCUT2D eigenvalue weighted by molar-refractivity contribution is -0.132. The SMILES string of the molecule is CC(=O)Oc1c2cc(C(C)(C)C)cc1C(=O)c1cc(C(C)(C)C)cc(c1OC(C)=O)Cc1cc(C(C)(C)C)cc(c1OC(C)=O)C(=O)c1cc(C(C)(C)C)cc(c1OC(C)=O)C2. The van der Waals surface area contributed by atoms with E-state index in [-0.39, 0.29) is 58.1 Å². The van der Waals surface area contributed by atoms with Crippen LogP contribution < -0.4 is 18.9 Å². The van der Waals surface area contributed by atoms with Crippen LogP contribution in [0.1, 0.15) is 187 Å². The fraction of sp³-hybridized carbons (Fsp3) is 0.423. The molecule has 0 atom stereocenters. The maximum absolute atomic E-state index is 15.6. The summed E-state index contributed by atoms with van der Waals surface area (Å²) in [5, 5.41) is 0. The lowest BCUT2D eigenvalue weighted by atomic mass is 9.78. The fourth-order valence-electron chi connectivity index (χ4n) is 7.45. The van der Waals surface area contributed by atoms with E-state index in [1.54, 1.807) is 24.3 Å². The molecule has 0 spiro atoms. The molecule has 0 unspecified atom stereocenters. The third-order valence-corrected chi connectivity index (χ3v) is 10.9. The van der Waals surface area contributed by atoms with E-state index in [0.29, 0.717) is 22.3 Å². The quantitative estimate of drug-likeness (QED) is 0.127. The van der Waals surface area contributed by atoms with E-state index in [1.807, 2.05) is 107 Å². The first-order chi connectivity index (χ1) is 28.4. The number of ketones is 2. The Morgan fingerprint density at radius 3 is 0.677 bits per heavy atom. The summed E-state index contributed by atoms with van der Waals surface area (Å²) >= 11 is 0. The van der Waals surface area contributed by atoms with Crippen LogP contribution in [0.4, 0.5) is 0 Å². The Hall–Kier alpha value is -5.90. The Bertz CT molecular complexity index is 2190. The zero-order valence-corrected chi connectivity index (χ0v) is 39.1. The summed E-state index contributed by atoms with van der Waals surface area (Å²) in [6.07, 6.45) is -0.123. The number of fused-ring (bicyclic) bond motifs is 8. The molecule has 62 heavy (non-hydrogen) atoms. The molecule has 10 nitrogen and oxygen atoms in total. The van der Waals surface area contributed by atoms with Gasteiger partial charge in [0.05, 0.1) is 22.3 Å². The van der Waals surface area contributed by atoms with Gasteiger partial charge in [-0.05, 0) is 68.2 Å². The van der Waals surface area contributed by atoms with Gasteiger partial charge in [-0.1, -0.05) is 107 Å². The van der Waals surface area contributed by atoms with Crippen molar-refractivity contribution in [1.29, 1.82) is 0 Å². The molecule has 0 N–H and O–H groups in total. The number of rotatable bonds is 4. The highest BCUT2D eigenvalue weighted by atomic mass is 16.5. The summed E-state index contributed by atoms with van der Waals surface area (Å²) in [5.41, 5.74) is 2.51. The minimum absolute atomic E-state index is 0.0286. The third kappa shape index (κ3) is 10.2. The van der Waals surface area contributed by atoms with Gasteiger partial charge >= 0.3 is 23.9 Å². The molecule has 5 rings (SSSR count). The van der Waals surface area contributed by atoms with Gasteiger partial charge in [0.2, 0.25) is 11.6 Å². The second kappa shape index (κ2) is 16.8. The van der Waals surface area contributed by atoms with Gasteiger partial charge in [0.15, 0.2) is 0 Å². The third-order valence-electron chi connectivity index (χ3n) is 10.9. The van der Waals surface area contributed by atoms with Gasteiger partial charge in [-0.25, -0.2) is 0 Å². The Morgan fingerprint density at radius 2 is 0.532 bits per heavy atom. The first-order valence-electron chi connectivity index (χ1n) is 20.9. The first kappa shape index (κ1) is 47.2. The van der Waals surface area contributed by atoms with Crippen LogP contribution in [0.15, 0.2) is 48.5 Å². The number of carbonyl (C=O) groups excluding carboxylic acids is 6. The van der Waals surface area contributed by atoms with Crippen molar-refractivity contribution in [2.75, 3.05) is 0 Å². The molecule has 0 aromatic heterocycles. The first-order valence-corrected chi connectivity index (χ1v) is 20.9. The predicted octanol–water partition coefficient (Wildman–Crippen LogP) is 10.5. The van der Waals surface area contributed by atoms with Crippen molar-refractivity contribution in [3.05, 3.63) is 115 Å². The normalized spacial score (nSPS) is 13.4. The molecule has 0 aliphatic heterocycles. The van der Waals surface area contributed by atoms with E-state index >= 15 is 9.59 Å². The largest absolute Gasteiger partial charge is 0.426 e. The van der Waals surface area contributed by atoms with Gasteiger partial charge in [-0.15, -0.1) is 0 Å². The maximum atomic E-state index is 15.6. The van der Waals surface area contributed by atoms with Crippen LogP contribution in [-0.4, -0.2) is 35.4 Å². The lowest BCUT2D eigenvalue weighted by Crippen LogP contribution is -2.21. The summed E-state index contributed by atoms with van der Waals surface area (Å²) in [7, 11) is 0. The fourth-order valence-corrected chi connectivity index (χ4v) is 7.45. The van der Waals surface area contributed by atoms with Crippen LogP contribution >= 0.6 is 0 Å². The van der Waals surface area contributed by atoms with E-state index in [0.717, 1.165) is 22.3 Å². The number of carbonyl (C=O) groups is 6. The molecule has 10 heteroatoms. The average molecular weight is 845 g/mol. The standard InChI is InChI=1S/C52H60O10/c1-27(53)59-45-31-17-32-20-36(50(8,9)10)25-41(46(32)60-28(2)54)44(58)42-26-38(52(14,15)16)22-34(48(42)62-30(4)56)18-33-21-37(51(11,12)13)24-40(47(33)61-29(3)55)43(57)39(45)23-35(19-31)49(5,6)7/h19-26H,17-18H2,1-16H3. The number of esters is 4. The molecule has 0 saturated carbocycles. The number of hydrogen-bond acceptors (Lipinski definition) is 10. The number of hydrogen-bond donors (Lipinski definition) is 0. The molecule has 0 heterocycles. The Kier molecular flexibility index (Phi) is 12.7. The van der Waals surface area contributed by atoms with Crippen molar-refractivity contribution in [3.63, 3.8) is 0 Å². The van der Waals surface area contributed by atoms with E-state index in [1.165, 1.54) is 27.7 Å². The summed E-state index contributed by atoms with van der Waals surface area (Å²) in [5.74, 6) is -4.01. The van der Waals surface area contributed by atoms with Gasteiger partial charge in [0.1, 0.15) is 23.0 Å². The zero-order chi connectivity index (χ0) is 46.6. The average Bonchev–Trinajstić information content (AvgIpc) is 3.10. The highest BCUT2D eigenvalue weighted by molar-refractivity contribution is 6.15. The Labute approximate surface area is 365 Å². The minimum Gasteiger partial charge on any atom is -0.426 e. The molecule has 8 bridgehead atoms. The summed E-state index contributed by atoms with van der Waals surface area (Å²) in [6, 6.07) is 14.2. The maximum Gasteiger partial charge on any atom is 0.308 e. The van der Waals surface area contributed by atoms with Crippen molar-refractivity contribution in [3.8, 4) is 23.0 Å². The number of benzene rings is 4. The van der Waals surface area contributed by atoms with Crippen LogP contribution in [0.25, 0.3) is 0 Å². The van der Waals surface area contributed by atoms with Crippen LogP contribution in [0.2, 0.25) is 0 Å². The van der Waals surface area contributed by atoms with Gasteiger partial charge in [-0.3, -0.25) is 28.8 Å². The van der Waals surface area contributed by atoms with Crippen molar-refractivity contribution < 1.29 is 47.7 Å². The van der Waals surface area contributed by atoms with Gasteiger partial charge in [0.25, 0.3) is 0 Å². The molecule has 1 aliphatic carbocycles. The smallest absolute Gasteiger partial charge is 0.308 e.